The van der Waals surface area contributed by atoms with Gasteiger partial charge in [-0.05, 0) is 36.6 Å². The Balaban J connectivity index is 2.05. The van der Waals surface area contributed by atoms with Crippen LogP contribution in [0.3, 0.4) is 0 Å². The minimum Gasteiger partial charge on any atom is -0.395 e. The van der Waals surface area contributed by atoms with Gasteiger partial charge in [-0.25, -0.2) is 8.78 Å². The third-order valence-electron chi connectivity index (χ3n) is 3.10. The topological polar surface area (TPSA) is 23.5 Å². The van der Waals surface area contributed by atoms with Gasteiger partial charge in [0.15, 0.2) is 11.6 Å². The summed E-state index contributed by atoms with van der Waals surface area (Å²) in [7, 11) is 0. The maximum atomic E-state index is 13.0. The molecule has 0 bridgehead atoms. The maximum absolute atomic E-state index is 13.0. The van der Waals surface area contributed by atoms with Gasteiger partial charge in [0.25, 0.3) is 0 Å². The maximum Gasteiger partial charge on any atom is 0.159 e. The molecule has 0 amide bonds. The zero-order valence-electron chi connectivity index (χ0n) is 9.00. The van der Waals surface area contributed by atoms with Crippen molar-refractivity contribution in [3.8, 4) is 0 Å². The first-order valence-electron chi connectivity index (χ1n) is 5.49. The summed E-state index contributed by atoms with van der Waals surface area (Å²) in [5.74, 6) is -1.33. The minimum absolute atomic E-state index is 0.143. The lowest BCUT2D eigenvalue weighted by molar-refractivity contribution is 0.220. The van der Waals surface area contributed by atoms with Crippen LogP contribution in [0.25, 0.3) is 0 Å². The van der Waals surface area contributed by atoms with Crippen LogP contribution in [0.5, 0.6) is 0 Å². The van der Waals surface area contributed by atoms with Crippen molar-refractivity contribution in [2.24, 2.45) is 0 Å². The lowest BCUT2D eigenvalue weighted by atomic mass is 9.98. The molecule has 0 aliphatic carbocycles. The van der Waals surface area contributed by atoms with Gasteiger partial charge in [0.1, 0.15) is 0 Å². The van der Waals surface area contributed by atoms with Gasteiger partial charge < -0.3 is 10.0 Å². The number of nitrogens with zero attached hydrogens (tertiary/aromatic N) is 1. The summed E-state index contributed by atoms with van der Waals surface area (Å²) in [5.41, 5.74) is 0.847. The molecule has 1 saturated heterocycles. The fraction of sp³-hybridized carbons (Fsp3) is 0.500. The number of aliphatic hydroxyl groups excluding tert-OH is 1. The van der Waals surface area contributed by atoms with E-state index in [4.69, 9.17) is 5.11 Å². The van der Waals surface area contributed by atoms with Gasteiger partial charge in [0.05, 0.1) is 6.61 Å². The Labute approximate surface area is 93.5 Å². The number of halogens is 2. The first-order valence-corrected chi connectivity index (χ1v) is 5.49. The Bertz CT molecular complexity index is 370. The van der Waals surface area contributed by atoms with Crippen molar-refractivity contribution < 1.29 is 13.9 Å². The Morgan fingerprint density at radius 2 is 2.12 bits per heavy atom. The van der Waals surface area contributed by atoms with Gasteiger partial charge in [-0.1, -0.05) is 6.07 Å². The molecule has 0 spiro atoms. The van der Waals surface area contributed by atoms with Gasteiger partial charge in [0.2, 0.25) is 0 Å². The highest BCUT2D eigenvalue weighted by Crippen LogP contribution is 2.27. The molecule has 1 unspecified atom stereocenters. The molecular weight excluding hydrogens is 212 g/mol. The van der Waals surface area contributed by atoms with Crippen molar-refractivity contribution >= 4 is 0 Å². The lowest BCUT2D eigenvalue weighted by Gasteiger charge is -2.14. The van der Waals surface area contributed by atoms with E-state index in [1.54, 1.807) is 6.07 Å². The molecule has 2 nitrogen and oxygen atoms in total. The highest BCUT2D eigenvalue weighted by atomic mass is 19.2. The third kappa shape index (κ3) is 2.39. The molecular formula is C12H15F2NO. The van der Waals surface area contributed by atoms with E-state index < -0.39 is 11.6 Å². The van der Waals surface area contributed by atoms with E-state index in [0.717, 1.165) is 25.1 Å². The molecule has 1 fully saturated rings. The van der Waals surface area contributed by atoms with Gasteiger partial charge in [-0.15, -0.1) is 0 Å². The second-order valence-corrected chi connectivity index (χ2v) is 4.18. The number of hydrogen-bond donors (Lipinski definition) is 1. The minimum atomic E-state index is -0.797. The summed E-state index contributed by atoms with van der Waals surface area (Å²) < 4.78 is 25.8. The predicted molar refractivity (Wildman–Crippen MR) is 57.2 cm³/mol. The predicted octanol–water partition coefficient (Wildman–Crippen LogP) is 1.75. The Kier molecular flexibility index (Phi) is 3.51. The van der Waals surface area contributed by atoms with E-state index in [-0.39, 0.29) is 12.5 Å². The van der Waals surface area contributed by atoms with E-state index in [9.17, 15) is 8.78 Å². The van der Waals surface area contributed by atoms with E-state index in [1.807, 2.05) is 0 Å². The quantitative estimate of drug-likeness (QED) is 0.850. The normalized spacial score (nSPS) is 21.6. The van der Waals surface area contributed by atoms with Gasteiger partial charge in [-0.3, -0.25) is 0 Å². The Morgan fingerprint density at radius 1 is 1.31 bits per heavy atom. The summed E-state index contributed by atoms with van der Waals surface area (Å²) in [6.07, 6.45) is 0.936. The smallest absolute Gasteiger partial charge is 0.159 e. The molecule has 0 aromatic heterocycles. The van der Waals surface area contributed by atoms with Crippen molar-refractivity contribution in [3.63, 3.8) is 0 Å². The number of rotatable bonds is 3. The average Bonchev–Trinajstić information content (AvgIpc) is 2.71. The summed E-state index contributed by atoms with van der Waals surface area (Å²) >= 11 is 0. The van der Waals surface area contributed by atoms with Crippen LogP contribution in [0.2, 0.25) is 0 Å². The monoisotopic (exact) mass is 227 g/mol. The molecule has 16 heavy (non-hydrogen) atoms. The Hall–Kier alpha value is -1.00. The second-order valence-electron chi connectivity index (χ2n) is 4.18. The molecule has 1 heterocycles. The largest absolute Gasteiger partial charge is 0.395 e. The summed E-state index contributed by atoms with van der Waals surface area (Å²) in [5, 5.41) is 8.81. The van der Waals surface area contributed by atoms with Crippen LogP contribution < -0.4 is 0 Å². The average molecular weight is 227 g/mol. The van der Waals surface area contributed by atoms with E-state index >= 15 is 0 Å². The van der Waals surface area contributed by atoms with Crippen LogP contribution in [-0.4, -0.2) is 36.2 Å². The second kappa shape index (κ2) is 4.89. The van der Waals surface area contributed by atoms with Crippen molar-refractivity contribution in [2.75, 3.05) is 26.2 Å². The van der Waals surface area contributed by atoms with E-state index in [0.29, 0.717) is 6.54 Å². The third-order valence-corrected chi connectivity index (χ3v) is 3.10. The summed E-state index contributed by atoms with van der Waals surface area (Å²) in [6, 6.07) is 4.10. The first kappa shape index (κ1) is 11.5. The Morgan fingerprint density at radius 3 is 2.81 bits per heavy atom. The number of aliphatic hydroxyl groups is 1. The molecule has 1 N–H and O–H groups in total. The van der Waals surface area contributed by atoms with Gasteiger partial charge in [0, 0.05) is 13.1 Å². The standard InChI is InChI=1S/C12H15F2NO/c13-11-2-1-9(7-12(11)14)10-3-4-15(8-10)5-6-16/h1-2,7,10,16H,3-6,8H2. The van der Waals surface area contributed by atoms with Crippen molar-refractivity contribution in [1.29, 1.82) is 0 Å². The highest BCUT2D eigenvalue weighted by Gasteiger charge is 2.23. The highest BCUT2D eigenvalue weighted by molar-refractivity contribution is 5.23. The molecule has 0 saturated carbocycles. The van der Waals surface area contributed by atoms with Gasteiger partial charge in [-0.2, -0.15) is 0 Å². The van der Waals surface area contributed by atoms with Crippen LogP contribution in [-0.2, 0) is 0 Å². The van der Waals surface area contributed by atoms with E-state index in [2.05, 4.69) is 4.90 Å². The molecule has 1 atom stereocenters. The molecule has 1 aliphatic heterocycles. The number of hydrogen-bond acceptors (Lipinski definition) is 2. The summed E-state index contributed by atoms with van der Waals surface area (Å²) in [6.45, 7) is 2.51. The van der Waals surface area contributed by atoms with Crippen LogP contribution in [0.1, 0.15) is 17.9 Å². The van der Waals surface area contributed by atoms with Gasteiger partial charge >= 0.3 is 0 Å². The molecule has 2 rings (SSSR count). The summed E-state index contributed by atoms with van der Waals surface area (Å²) in [4.78, 5) is 2.13. The number of β-amino-alcohol motifs (C(OH)–C–C–N with tert-alkyl or cyclic N) is 1. The van der Waals surface area contributed by atoms with Crippen LogP contribution >= 0.6 is 0 Å². The van der Waals surface area contributed by atoms with Crippen LogP contribution in [0.15, 0.2) is 18.2 Å². The van der Waals surface area contributed by atoms with Crippen molar-refractivity contribution in [1.82, 2.24) is 4.90 Å². The molecule has 1 aromatic rings. The van der Waals surface area contributed by atoms with Crippen LogP contribution in [0.4, 0.5) is 8.78 Å². The number of benzene rings is 1. The zero-order valence-corrected chi connectivity index (χ0v) is 9.00. The van der Waals surface area contributed by atoms with Crippen LogP contribution in [0, 0.1) is 11.6 Å². The SMILES string of the molecule is OCCN1CCC(c2ccc(F)c(F)c2)C1. The van der Waals surface area contributed by atoms with Crippen molar-refractivity contribution in [2.45, 2.75) is 12.3 Å². The lowest BCUT2D eigenvalue weighted by Crippen LogP contribution is -2.23. The fourth-order valence-electron chi connectivity index (χ4n) is 2.22. The molecule has 1 aliphatic rings. The molecule has 88 valence electrons. The first-order chi connectivity index (χ1) is 7.70. The molecule has 4 heteroatoms. The zero-order chi connectivity index (χ0) is 11.5. The van der Waals surface area contributed by atoms with Crippen molar-refractivity contribution in [3.05, 3.63) is 35.4 Å². The number of likely N-dealkylation sites (tertiary alicyclic amines) is 1. The fourth-order valence-corrected chi connectivity index (χ4v) is 2.22. The van der Waals surface area contributed by atoms with E-state index in [1.165, 1.54) is 12.1 Å². The molecule has 1 aromatic carbocycles. The molecule has 0 radical (unpaired) electrons.